The van der Waals surface area contributed by atoms with Crippen molar-refractivity contribution in [1.29, 1.82) is 0 Å². The molecule has 14 heavy (non-hydrogen) atoms. The highest BCUT2D eigenvalue weighted by Crippen LogP contribution is 2.20. The molecule has 0 bridgehead atoms. The first-order valence-corrected chi connectivity index (χ1v) is 5.30. The predicted octanol–water partition coefficient (Wildman–Crippen LogP) is 2.09. The van der Waals surface area contributed by atoms with Gasteiger partial charge in [-0.15, -0.1) is 0 Å². The Hall–Kier alpha value is -0.540. The van der Waals surface area contributed by atoms with E-state index in [0.717, 1.165) is 30.5 Å². The normalized spacial score (nSPS) is 13.2. The molecule has 3 nitrogen and oxygen atoms in total. The molecule has 0 aliphatic rings. The van der Waals surface area contributed by atoms with E-state index in [2.05, 4.69) is 5.10 Å². The van der Waals surface area contributed by atoms with Gasteiger partial charge < -0.3 is 5.11 Å². The Morgan fingerprint density at radius 1 is 1.57 bits per heavy atom. The number of rotatable bonds is 4. The third-order valence-corrected chi connectivity index (χ3v) is 2.94. The number of aliphatic hydroxyl groups is 1. The first-order valence-electron chi connectivity index (χ1n) is 4.92. The van der Waals surface area contributed by atoms with Crippen LogP contribution in [0, 0.1) is 6.92 Å². The van der Waals surface area contributed by atoms with Crippen molar-refractivity contribution in [2.45, 2.75) is 39.2 Å². The fourth-order valence-electron chi connectivity index (χ4n) is 1.47. The fraction of sp³-hybridized carbons (Fsp3) is 0.700. The molecule has 0 aliphatic heterocycles. The number of aliphatic hydroxyl groups excluding tert-OH is 1. The van der Waals surface area contributed by atoms with Crippen LogP contribution < -0.4 is 0 Å². The third-order valence-electron chi connectivity index (χ3n) is 2.47. The van der Waals surface area contributed by atoms with Crippen LogP contribution in [0.2, 0.25) is 5.15 Å². The smallest absolute Gasteiger partial charge is 0.130 e. The second kappa shape index (κ2) is 4.80. The van der Waals surface area contributed by atoms with E-state index in [9.17, 15) is 5.11 Å². The van der Waals surface area contributed by atoms with Gasteiger partial charge in [-0.2, -0.15) is 5.10 Å². The van der Waals surface area contributed by atoms with Crippen LogP contribution in [0.15, 0.2) is 0 Å². The van der Waals surface area contributed by atoms with E-state index in [1.807, 2.05) is 20.9 Å². The van der Waals surface area contributed by atoms with Crippen molar-refractivity contribution in [2.75, 3.05) is 0 Å². The average Bonchev–Trinajstić information content (AvgIpc) is 2.39. The molecular formula is C10H17ClN2O. The lowest BCUT2D eigenvalue weighted by atomic mass is 10.1. The number of halogens is 1. The van der Waals surface area contributed by atoms with Gasteiger partial charge in [-0.05, 0) is 26.2 Å². The minimum absolute atomic E-state index is 0.231. The Morgan fingerprint density at radius 3 is 2.64 bits per heavy atom. The zero-order valence-electron chi connectivity index (χ0n) is 8.92. The maximum absolute atomic E-state index is 9.44. The molecular weight excluding hydrogens is 200 g/mol. The molecule has 1 rings (SSSR count). The Morgan fingerprint density at radius 2 is 2.21 bits per heavy atom. The van der Waals surface area contributed by atoms with Gasteiger partial charge in [-0.3, -0.25) is 4.68 Å². The maximum atomic E-state index is 9.44. The molecule has 0 fully saturated rings. The van der Waals surface area contributed by atoms with Gasteiger partial charge in [0, 0.05) is 12.6 Å². The van der Waals surface area contributed by atoms with Crippen molar-refractivity contribution in [2.24, 2.45) is 7.05 Å². The summed E-state index contributed by atoms with van der Waals surface area (Å²) in [6, 6.07) is 0. The first kappa shape index (κ1) is 11.5. The highest BCUT2D eigenvalue weighted by molar-refractivity contribution is 6.30. The molecule has 0 amide bonds. The van der Waals surface area contributed by atoms with Crippen molar-refractivity contribution in [1.82, 2.24) is 9.78 Å². The predicted molar refractivity (Wildman–Crippen MR) is 57.6 cm³/mol. The molecule has 0 spiro atoms. The van der Waals surface area contributed by atoms with Gasteiger partial charge in [0.15, 0.2) is 0 Å². The molecule has 4 heteroatoms. The van der Waals surface area contributed by atoms with E-state index in [4.69, 9.17) is 11.6 Å². The van der Waals surface area contributed by atoms with E-state index < -0.39 is 0 Å². The van der Waals surface area contributed by atoms with Gasteiger partial charge in [0.1, 0.15) is 5.15 Å². The quantitative estimate of drug-likeness (QED) is 0.837. The molecule has 1 aromatic rings. The van der Waals surface area contributed by atoms with Crippen LogP contribution in [0.4, 0.5) is 0 Å². The van der Waals surface area contributed by atoms with Crippen molar-refractivity contribution in [3.05, 3.63) is 16.4 Å². The number of hydrogen-bond donors (Lipinski definition) is 1. The van der Waals surface area contributed by atoms with Crippen LogP contribution in [-0.2, 0) is 13.5 Å². The van der Waals surface area contributed by atoms with E-state index in [1.165, 1.54) is 0 Å². The summed E-state index contributed by atoms with van der Waals surface area (Å²) in [5.74, 6) is 0. The Bertz CT molecular complexity index is 309. The average molecular weight is 217 g/mol. The molecule has 1 aromatic heterocycles. The lowest BCUT2D eigenvalue weighted by Gasteiger charge is -2.06. The zero-order valence-corrected chi connectivity index (χ0v) is 9.67. The molecule has 0 radical (unpaired) electrons. The Balaban J connectivity index is 2.67. The monoisotopic (exact) mass is 216 g/mol. The number of nitrogens with zero attached hydrogens (tertiary/aromatic N) is 2. The van der Waals surface area contributed by atoms with Crippen molar-refractivity contribution in [3.8, 4) is 0 Å². The lowest BCUT2D eigenvalue weighted by molar-refractivity contribution is 0.160. The van der Waals surface area contributed by atoms with Crippen LogP contribution in [0.5, 0.6) is 0 Å². The van der Waals surface area contributed by atoms with Crippen LogP contribution in [0.1, 0.15) is 31.0 Å². The molecule has 80 valence electrons. The molecule has 1 heterocycles. The van der Waals surface area contributed by atoms with Crippen molar-refractivity contribution in [3.63, 3.8) is 0 Å². The summed E-state index contributed by atoms with van der Waals surface area (Å²) >= 11 is 6.06. The van der Waals surface area contributed by atoms with Crippen LogP contribution in [0.25, 0.3) is 0 Å². The van der Waals surface area contributed by atoms with Crippen LogP contribution in [-0.4, -0.2) is 21.0 Å². The van der Waals surface area contributed by atoms with Gasteiger partial charge in [-0.1, -0.05) is 18.5 Å². The van der Waals surface area contributed by atoms with Crippen molar-refractivity contribution >= 4 is 11.6 Å². The SMILES string of the molecule is CCC(O)CCc1c(C)nn(C)c1Cl. The van der Waals surface area contributed by atoms with Crippen LogP contribution in [0.3, 0.4) is 0 Å². The minimum atomic E-state index is -0.231. The summed E-state index contributed by atoms with van der Waals surface area (Å²) in [6.45, 7) is 3.92. The van der Waals surface area contributed by atoms with Crippen molar-refractivity contribution < 1.29 is 5.11 Å². The molecule has 0 saturated carbocycles. The third kappa shape index (κ3) is 2.49. The maximum Gasteiger partial charge on any atom is 0.130 e. The standard InChI is InChI=1S/C10H17ClN2O/c1-4-8(14)5-6-9-7(2)12-13(3)10(9)11/h8,14H,4-6H2,1-3H3. The molecule has 0 aromatic carbocycles. The molecule has 1 unspecified atom stereocenters. The number of aryl methyl sites for hydroxylation is 2. The Kier molecular flexibility index (Phi) is 3.96. The van der Waals surface area contributed by atoms with E-state index in [1.54, 1.807) is 4.68 Å². The largest absolute Gasteiger partial charge is 0.393 e. The minimum Gasteiger partial charge on any atom is -0.393 e. The summed E-state index contributed by atoms with van der Waals surface area (Å²) in [5, 5.41) is 14.3. The van der Waals surface area contributed by atoms with Gasteiger partial charge in [0.25, 0.3) is 0 Å². The fourth-order valence-corrected chi connectivity index (χ4v) is 1.74. The highest BCUT2D eigenvalue weighted by atomic mass is 35.5. The van der Waals surface area contributed by atoms with E-state index in [-0.39, 0.29) is 6.10 Å². The van der Waals surface area contributed by atoms with Crippen LogP contribution >= 0.6 is 11.6 Å². The topological polar surface area (TPSA) is 38.1 Å². The van der Waals surface area contributed by atoms with E-state index >= 15 is 0 Å². The second-order valence-electron chi connectivity index (χ2n) is 3.58. The summed E-state index contributed by atoms with van der Waals surface area (Å²) in [7, 11) is 1.83. The van der Waals surface area contributed by atoms with Gasteiger partial charge >= 0.3 is 0 Å². The van der Waals surface area contributed by atoms with E-state index in [0.29, 0.717) is 5.15 Å². The molecule has 1 atom stereocenters. The molecule has 0 aliphatic carbocycles. The van der Waals surface area contributed by atoms with Gasteiger partial charge in [-0.25, -0.2) is 0 Å². The number of hydrogen-bond acceptors (Lipinski definition) is 2. The summed E-state index contributed by atoms with van der Waals surface area (Å²) < 4.78 is 1.67. The first-order chi connectivity index (χ1) is 6.56. The zero-order chi connectivity index (χ0) is 10.7. The second-order valence-corrected chi connectivity index (χ2v) is 3.94. The van der Waals surface area contributed by atoms with Gasteiger partial charge in [0.05, 0.1) is 11.8 Å². The van der Waals surface area contributed by atoms with Gasteiger partial charge in [0.2, 0.25) is 0 Å². The summed E-state index contributed by atoms with van der Waals surface area (Å²) in [6.07, 6.45) is 2.11. The lowest BCUT2D eigenvalue weighted by Crippen LogP contribution is -2.06. The summed E-state index contributed by atoms with van der Waals surface area (Å²) in [4.78, 5) is 0. The number of aromatic nitrogens is 2. The highest BCUT2D eigenvalue weighted by Gasteiger charge is 2.12. The molecule has 1 N–H and O–H groups in total. The molecule has 0 saturated heterocycles. The Labute approximate surface area is 89.7 Å². The summed E-state index contributed by atoms with van der Waals surface area (Å²) in [5.41, 5.74) is 2.02.